The van der Waals surface area contributed by atoms with E-state index in [-0.39, 0.29) is 0 Å². The van der Waals surface area contributed by atoms with Gasteiger partial charge in [0.1, 0.15) is 22.9 Å². The van der Waals surface area contributed by atoms with E-state index in [1.54, 1.807) is 7.11 Å². The molecule has 0 aliphatic carbocycles. The summed E-state index contributed by atoms with van der Waals surface area (Å²) in [7, 11) is 1.68. The number of hydrogen-bond acceptors (Lipinski definition) is 3. The van der Waals surface area contributed by atoms with E-state index in [0.717, 1.165) is 40.7 Å². The van der Waals surface area contributed by atoms with Crippen molar-refractivity contribution >= 4 is 11.5 Å². The molecule has 1 N–H and O–H groups in total. The molecule has 2 aromatic heterocycles. The summed E-state index contributed by atoms with van der Waals surface area (Å²) in [6, 6.07) is 22.8. The zero-order valence-corrected chi connectivity index (χ0v) is 15.9. The first-order valence-electron chi connectivity index (χ1n) is 9.07. The highest BCUT2D eigenvalue weighted by molar-refractivity contribution is 5.77. The van der Waals surface area contributed by atoms with Gasteiger partial charge in [-0.3, -0.25) is 4.40 Å². The molecule has 0 amide bonds. The number of fused-ring (bicyclic) bond motifs is 1. The summed E-state index contributed by atoms with van der Waals surface area (Å²) in [6.07, 6.45) is 0. The van der Waals surface area contributed by atoms with E-state index in [2.05, 4.69) is 72.1 Å². The molecule has 0 bridgehead atoms. The number of anilines is 1. The number of nitrogens with one attached hydrogen (secondary N) is 1. The third kappa shape index (κ3) is 3.38. The van der Waals surface area contributed by atoms with Crippen LogP contribution in [0.25, 0.3) is 16.9 Å². The number of ether oxygens (including phenoxy) is 1. The van der Waals surface area contributed by atoms with Gasteiger partial charge < -0.3 is 10.1 Å². The molecule has 0 saturated carbocycles. The highest BCUT2D eigenvalue weighted by Gasteiger charge is 2.16. The molecule has 4 heteroatoms. The molecule has 0 aliphatic heterocycles. The Hall–Kier alpha value is -3.27. The lowest BCUT2D eigenvalue weighted by Crippen LogP contribution is -2.05. The molecule has 0 saturated heterocycles. The van der Waals surface area contributed by atoms with Gasteiger partial charge in [0.2, 0.25) is 0 Å². The van der Waals surface area contributed by atoms with Gasteiger partial charge >= 0.3 is 0 Å². The van der Waals surface area contributed by atoms with Crippen LogP contribution in [0.1, 0.15) is 16.8 Å². The van der Waals surface area contributed by atoms with Crippen molar-refractivity contribution in [2.45, 2.75) is 20.4 Å². The number of hydrogen-bond donors (Lipinski definition) is 1. The molecule has 0 radical (unpaired) electrons. The fraction of sp³-hybridized carbons (Fsp3) is 0.174. The Bertz CT molecular complexity index is 1070. The summed E-state index contributed by atoms with van der Waals surface area (Å²) in [6.45, 7) is 4.96. The highest BCUT2D eigenvalue weighted by atomic mass is 16.5. The molecule has 136 valence electrons. The molecule has 2 heterocycles. The van der Waals surface area contributed by atoms with Gasteiger partial charge in [0.15, 0.2) is 0 Å². The first-order valence-corrected chi connectivity index (χ1v) is 9.07. The number of rotatable bonds is 5. The molecule has 0 unspecified atom stereocenters. The zero-order valence-electron chi connectivity index (χ0n) is 15.9. The minimum absolute atomic E-state index is 0.741. The van der Waals surface area contributed by atoms with Crippen molar-refractivity contribution in [2.75, 3.05) is 12.4 Å². The van der Waals surface area contributed by atoms with Crippen molar-refractivity contribution in [3.8, 4) is 17.0 Å². The number of pyridine rings is 1. The van der Waals surface area contributed by atoms with Crippen LogP contribution in [0.4, 0.5) is 5.82 Å². The number of imidazole rings is 1. The van der Waals surface area contributed by atoms with Crippen LogP contribution >= 0.6 is 0 Å². The molecular formula is C23H23N3O. The lowest BCUT2D eigenvalue weighted by Gasteiger charge is -2.11. The van der Waals surface area contributed by atoms with Crippen molar-refractivity contribution in [1.29, 1.82) is 0 Å². The molecule has 27 heavy (non-hydrogen) atoms. The summed E-state index contributed by atoms with van der Waals surface area (Å²) < 4.78 is 7.48. The normalized spacial score (nSPS) is 10.9. The van der Waals surface area contributed by atoms with E-state index in [4.69, 9.17) is 9.72 Å². The summed E-state index contributed by atoms with van der Waals surface area (Å²) in [5.41, 5.74) is 6.56. The molecule has 0 spiro atoms. The van der Waals surface area contributed by atoms with Gasteiger partial charge in [-0.1, -0.05) is 30.3 Å². The quantitative estimate of drug-likeness (QED) is 0.531. The minimum atomic E-state index is 0.741. The molecule has 0 fully saturated rings. The summed E-state index contributed by atoms with van der Waals surface area (Å²) >= 11 is 0. The van der Waals surface area contributed by atoms with Crippen molar-refractivity contribution in [1.82, 2.24) is 9.38 Å². The smallest absolute Gasteiger partial charge is 0.139 e. The van der Waals surface area contributed by atoms with Crippen molar-refractivity contribution < 1.29 is 4.74 Å². The molecule has 2 aromatic carbocycles. The van der Waals surface area contributed by atoms with Gasteiger partial charge in [0, 0.05) is 17.8 Å². The van der Waals surface area contributed by atoms with Gasteiger partial charge in [0.05, 0.1) is 7.11 Å². The van der Waals surface area contributed by atoms with Crippen molar-refractivity contribution in [3.63, 3.8) is 0 Å². The van der Waals surface area contributed by atoms with Crippen LogP contribution in [-0.2, 0) is 6.54 Å². The predicted octanol–water partition coefficient (Wildman–Crippen LogP) is 5.24. The fourth-order valence-electron chi connectivity index (χ4n) is 3.43. The van der Waals surface area contributed by atoms with E-state index in [1.165, 1.54) is 11.1 Å². The van der Waals surface area contributed by atoms with Gasteiger partial charge in [-0.05, 0) is 61.4 Å². The Balaban J connectivity index is 1.82. The Morgan fingerprint density at radius 1 is 0.963 bits per heavy atom. The average Bonchev–Trinajstić information content (AvgIpc) is 3.06. The van der Waals surface area contributed by atoms with Crippen molar-refractivity contribution in [3.05, 3.63) is 83.6 Å². The monoisotopic (exact) mass is 357 g/mol. The summed E-state index contributed by atoms with van der Waals surface area (Å²) in [4.78, 5) is 4.93. The summed E-state index contributed by atoms with van der Waals surface area (Å²) in [5.74, 6) is 1.85. The number of aromatic nitrogens is 2. The van der Waals surface area contributed by atoms with Gasteiger partial charge in [0.25, 0.3) is 0 Å². The minimum Gasteiger partial charge on any atom is -0.497 e. The van der Waals surface area contributed by atoms with Gasteiger partial charge in [-0.25, -0.2) is 4.98 Å². The SMILES string of the molecule is COc1ccc(-c2nc3cc(C)cc(C)n3c2NCc2ccccc2)cc1. The second-order valence-electron chi connectivity index (χ2n) is 6.74. The maximum Gasteiger partial charge on any atom is 0.139 e. The third-order valence-electron chi connectivity index (χ3n) is 4.72. The fourth-order valence-corrected chi connectivity index (χ4v) is 3.43. The van der Waals surface area contributed by atoms with Gasteiger partial charge in [-0.2, -0.15) is 0 Å². The van der Waals surface area contributed by atoms with E-state index >= 15 is 0 Å². The molecule has 4 rings (SSSR count). The Morgan fingerprint density at radius 3 is 2.41 bits per heavy atom. The number of aryl methyl sites for hydroxylation is 2. The Labute approximate surface area is 159 Å². The van der Waals surface area contributed by atoms with Crippen LogP contribution in [-0.4, -0.2) is 16.5 Å². The lowest BCUT2D eigenvalue weighted by molar-refractivity contribution is 0.415. The first-order chi connectivity index (χ1) is 13.2. The lowest BCUT2D eigenvalue weighted by atomic mass is 10.1. The topological polar surface area (TPSA) is 38.6 Å². The van der Waals surface area contributed by atoms with Gasteiger partial charge in [-0.15, -0.1) is 0 Å². The van der Waals surface area contributed by atoms with E-state index < -0.39 is 0 Å². The second-order valence-corrected chi connectivity index (χ2v) is 6.74. The van der Waals surface area contributed by atoms with E-state index in [0.29, 0.717) is 0 Å². The number of nitrogens with zero attached hydrogens (tertiary/aromatic N) is 2. The molecule has 0 aliphatic rings. The van der Waals surface area contributed by atoms with E-state index in [9.17, 15) is 0 Å². The first kappa shape index (κ1) is 17.2. The van der Waals surface area contributed by atoms with Crippen LogP contribution in [0.5, 0.6) is 5.75 Å². The van der Waals surface area contributed by atoms with E-state index in [1.807, 2.05) is 18.2 Å². The molecule has 0 atom stereocenters. The summed E-state index contributed by atoms with van der Waals surface area (Å²) in [5, 5.41) is 3.61. The largest absolute Gasteiger partial charge is 0.497 e. The Morgan fingerprint density at radius 2 is 1.70 bits per heavy atom. The maximum atomic E-state index is 5.29. The zero-order chi connectivity index (χ0) is 18.8. The number of methoxy groups -OCH3 is 1. The molecular weight excluding hydrogens is 334 g/mol. The predicted molar refractivity (Wildman–Crippen MR) is 110 cm³/mol. The van der Waals surface area contributed by atoms with Crippen LogP contribution in [0.3, 0.4) is 0 Å². The average molecular weight is 357 g/mol. The number of benzene rings is 2. The highest BCUT2D eigenvalue weighted by Crippen LogP contribution is 2.31. The van der Waals surface area contributed by atoms with Crippen molar-refractivity contribution in [2.24, 2.45) is 0 Å². The van der Waals surface area contributed by atoms with Crippen LogP contribution in [0, 0.1) is 13.8 Å². The standard InChI is InChI=1S/C23H23N3O/c1-16-13-17(2)26-21(14-16)25-22(19-9-11-20(27-3)12-10-19)23(26)24-15-18-7-5-4-6-8-18/h4-14,24H,15H2,1-3H3. The Kier molecular flexibility index (Phi) is 4.55. The molecule has 4 nitrogen and oxygen atoms in total. The maximum absolute atomic E-state index is 5.29. The van der Waals surface area contributed by atoms with Crippen LogP contribution < -0.4 is 10.1 Å². The van der Waals surface area contributed by atoms with Crippen LogP contribution in [0.15, 0.2) is 66.7 Å². The second kappa shape index (κ2) is 7.16. The third-order valence-corrected chi connectivity index (χ3v) is 4.72. The van der Waals surface area contributed by atoms with Crippen LogP contribution in [0.2, 0.25) is 0 Å². The molecule has 4 aromatic rings.